The molecule has 3 aromatic rings. The summed E-state index contributed by atoms with van der Waals surface area (Å²) < 4.78 is 12.0. The zero-order valence-electron chi connectivity index (χ0n) is 22.8. The van der Waals surface area contributed by atoms with Crippen LogP contribution in [-0.4, -0.2) is 55.3 Å². The Morgan fingerprint density at radius 2 is 1.82 bits per heavy atom. The average Bonchev–Trinajstić information content (AvgIpc) is 2.92. The first-order chi connectivity index (χ1) is 18.8. The Morgan fingerprint density at radius 3 is 2.59 bits per heavy atom. The van der Waals surface area contributed by atoms with Crippen LogP contribution < -0.4 is 24.6 Å². The van der Waals surface area contributed by atoms with Gasteiger partial charge < -0.3 is 24.6 Å². The number of benzene rings is 3. The van der Waals surface area contributed by atoms with Crippen LogP contribution in [0.4, 0.5) is 16.2 Å². The van der Waals surface area contributed by atoms with E-state index in [1.165, 1.54) is 11.3 Å². The molecule has 202 valence electrons. The summed E-state index contributed by atoms with van der Waals surface area (Å²) in [6.07, 6.45) is 0.565. The van der Waals surface area contributed by atoms with Crippen LogP contribution in [0.25, 0.3) is 0 Å². The highest BCUT2D eigenvalue weighted by Gasteiger charge is 2.50. The molecule has 0 aromatic heterocycles. The molecule has 3 aliphatic rings. The molecule has 3 amide bonds. The molecule has 3 atom stereocenters. The summed E-state index contributed by atoms with van der Waals surface area (Å²) in [6.45, 7) is 8.18. The summed E-state index contributed by atoms with van der Waals surface area (Å²) in [5.41, 5.74) is 3.54. The second-order valence-electron chi connectivity index (χ2n) is 10.9. The smallest absolute Gasteiger partial charge is 0.325 e. The summed E-state index contributed by atoms with van der Waals surface area (Å²) >= 11 is 0. The van der Waals surface area contributed by atoms with Gasteiger partial charge in [-0.1, -0.05) is 30.3 Å². The van der Waals surface area contributed by atoms with Gasteiger partial charge in [0, 0.05) is 48.9 Å². The first kappa shape index (κ1) is 25.1. The van der Waals surface area contributed by atoms with E-state index in [4.69, 9.17) is 9.47 Å². The minimum absolute atomic E-state index is 0.0374. The van der Waals surface area contributed by atoms with Crippen LogP contribution in [0.15, 0.2) is 66.7 Å². The summed E-state index contributed by atoms with van der Waals surface area (Å²) in [7, 11) is 1.61. The lowest BCUT2D eigenvalue weighted by Gasteiger charge is -2.50. The molecule has 2 bridgehead atoms. The highest BCUT2D eigenvalue weighted by atomic mass is 16.5. The normalized spacial score (nSPS) is 24.0. The highest BCUT2D eigenvalue weighted by molar-refractivity contribution is 5.99. The summed E-state index contributed by atoms with van der Waals surface area (Å²) in [4.78, 5) is 32.9. The van der Waals surface area contributed by atoms with Crippen molar-refractivity contribution in [1.29, 1.82) is 0 Å². The van der Waals surface area contributed by atoms with Gasteiger partial charge in [-0.15, -0.1) is 0 Å². The van der Waals surface area contributed by atoms with Crippen molar-refractivity contribution in [2.75, 3.05) is 36.5 Å². The van der Waals surface area contributed by atoms with Crippen LogP contribution in [-0.2, 0) is 0 Å². The third-order valence-electron chi connectivity index (χ3n) is 8.08. The first-order valence-corrected chi connectivity index (χ1v) is 13.5. The largest absolute Gasteiger partial charge is 0.493 e. The number of urea groups is 1. The molecule has 0 saturated carbocycles. The van der Waals surface area contributed by atoms with Crippen molar-refractivity contribution in [1.82, 2.24) is 10.2 Å². The van der Waals surface area contributed by atoms with E-state index in [0.717, 1.165) is 12.1 Å². The van der Waals surface area contributed by atoms with E-state index >= 15 is 0 Å². The fourth-order valence-corrected chi connectivity index (χ4v) is 6.20. The maximum Gasteiger partial charge on any atom is 0.325 e. The van der Waals surface area contributed by atoms with Gasteiger partial charge in [0.25, 0.3) is 5.91 Å². The average molecular weight is 527 g/mol. The molecular weight excluding hydrogens is 492 g/mol. The van der Waals surface area contributed by atoms with Crippen molar-refractivity contribution in [2.45, 2.75) is 45.0 Å². The maximum atomic E-state index is 13.6. The van der Waals surface area contributed by atoms with Crippen LogP contribution in [0.2, 0.25) is 0 Å². The molecule has 0 aliphatic carbocycles. The van der Waals surface area contributed by atoms with E-state index in [0.29, 0.717) is 42.3 Å². The first-order valence-electron chi connectivity index (χ1n) is 13.5. The Labute approximate surface area is 229 Å². The minimum atomic E-state index is -0.940. The molecule has 8 heteroatoms. The zero-order valence-corrected chi connectivity index (χ0v) is 22.8. The van der Waals surface area contributed by atoms with E-state index in [9.17, 15) is 9.59 Å². The van der Waals surface area contributed by atoms with Gasteiger partial charge in [-0.2, -0.15) is 0 Å². The number of hydrogen-bond donors (Lipinski definition) is 1. The Bertz CT molecular complexity index is 1440. The van der Waals surface area contributed by atoms with Gasteiger partial charge >= 0.3 is 6.03 Å². The molecule has 0 unspecified atom stereocenters. The van der Waals surface area contributed by atoms with Crippen LogP contribution in [0.5, 0.6) is 11.5 Å². The molecule has 0 spiro atoms. The Morgan fingerprint density at radius 1 is 1.05 bits per heavy atom. The quantitative estimate of drug-likeness (QED) is 0.511. The van der Waals surface area contributed by atoms with Crippen molar-refractivity contribution in [3.8, 4) is 11.5 Å². The number of amides is 3. The van der Waals surface area contributed by atoms with E-state index in [-0.39, 0.29) is 24.0 Å². The van der Waals surface area contributed by atoms with Crippen molar-refractivity contribution < 1.29 is 19.1 Å². The molecule has 6 rings (SSSR count). The number of nitrogens with one attached hydrogen (secondary N) is 1. The van der Waals surface area contributed by atoms with Crippen LogP contribution in [0.1, 0.15) is 47.8 Å². The molecule has 39 heavy (non-hydrogen) atoms. The number of aryl methyl sites for hydroxylation is 1. The fourth-order valence-electron chi connectivity index (χ4n) is 6.20. The van der Waals surface area contributed by atoms with Crippen LogP contribution in [0, 0.1) is 6.92 Å². The van der Waals surface area contributed by atoms with Gasteiger partial charge in [0.05, 0.1) is 18.8 Å². The number of hydrogen-bond acceptors (Lipinski definition) is 5. The van der Waals surface area contributed by atoms with Crippen molar-refractivity contribution >= 4 is 23.3 Å². The molecule has 3 aromatic carbocycles. The highest BCUT2D eigenvalue weighted by Crippen LogP contribution is 2.49. The molecule has 8 nitrogen and oxygen atoms in total. The van der Waals surface area contributed by atoms with Gasteiger partial charge in [-0.3, -0.25) is 9.69 Å². The number of rotatable bonds is 4. The Hall–Kier alpha value is -4.20. The lowest BCUT2D eigenvalue weighted by atomic mass is 9.89. The van der Waals surface area contributed by atoms with E-state index in [1.54, 1.807) is 18.1 Å². The number of para-hydroxylation sites is 1. The number of methoxy groups -OCH3 is 1. The summed E-state index contributed by atoms with van der Waals surface area (Å²) in [5, 5.41) is 3.12. The standard InChI is InChI=1S/C31H34N4O4/c1-20-8-5-10-23(16-20)34-15-14-33(19-21(34)2)29(36)22-9-6-11-24(17-22)35-30(37)32-26-18-31(35,3)39-28-25(26)12-7-13-27(28)38-4/h5-13,16-17,21,26H,14-15,18-19H2,1-4H3,(H,32,37)/t21-,26+,31-/m0/s1. The van der Waals surface area contributed by atoms with E-state index in [2.05, 4.69) is 48.3 Å². The summed E-state index contributed by atoms with van der Waals surface area (Å²) in [5.74, 6) is 1.23. The van der Waals surface area contributed by atoms with Gasteiger partial charge in [0.2, 0.25) is 0 Å². The molecule has 2 fully saturated rings. The lowest BCUT2D eigenvalue weighted by molar-refractivity contribution is 0.0349. The predicted molar refractivity (Wildman–Crippen MR) is 151 cm³/mol. The van der Waals surface area contributed by atoms with Crippen molar-refractivity contribution in [3.05, 3.63) is 83.4 Å². The Kier molecular flexibility index (Phi) is 6.13. The number of anilines is 2. The molecule has 3 aliphatic heterocycles. The SMILES string of the molecule is COc1cccc2c1O[C@@]1(C)C[C@H]2NC(=O)N1c1cccc(C(=O)N2CCN(c3cccc(C)c3)[C@@H](C)C2)c1. The lowest BCUT2D eigenvalue weighted by Crippen LogP contribution is -2.65. The van der Waals surface area contributed by atoms with Gasteiger partial charge in [0.1, 0.15) is 0 Å². The number of nitrogens with zero attached hydrogens (tertiary/aromatic N) is 3. The van der Waals surface area contributed by atoms with Crippen molar-refractivity contribution in [2.24, 2.45) is 0 Å². The monoisotopic (exact) mass is 526 g/mol. The Balaban J connectivity index is 1.24. The predicted octanol–water partition coefficient (Wildman–Crippen LogP) is 5.12. The number of ether oxygens (including phenoxy) is 2. The van der Waals surface area contributed by atoms with Crippen LogP contribution in [0.3, 0.4) is 0 Å². The number of piperazine rings is 1. The second kappa shape index (κ2) is 9.52. The topological polar surface area (TPSA) is 74.3 Å². The molecule has 0 radical (unpaired) electrons. The molecule has 2 saturated heterocycles. The van der Waals surface area contributed by atoms with E-state index < -0.39 is 5.72 Å². The van der Waals surface area contributed by atoms with E-state index in [1.807, 2.05) is 48.2 Å². The zero-order chi connectivity index (χ0) is 27.3. The van der Waals surface area contributed by atoms with Crippen LogP contribution >= 0.6 is 0 Å². The van der Waals surface area contributed by atoms with Gasteiger partial charge in [0.15, 0.2) is 17.2 Å². The number of carbonyl (C=O) groups excluding carboxylic acids is 2. The molecule has 1 N–H and O–H groups in total. The van der Waals surface area contributed by atoms with Gasteiger partial charge in [-0.25, -0.2) is 4.79 Å². The third kappa shape index (κ3) is 4.33. The maximum absolute atomic E-state index is 13.6. The van der Waals surface area contributed by atoms with Crippen molar-refractivity contribution in [3.63, 3.8) is 0 Å². The third-order valence-corrected chi connectivity index (χ3v) is 8.08. The summed E-state index contributed by atoms with van der Waals surface area (Å²) in [6, 6.07) is 21.2. The van der Waals surface area contributed by atoms with Gasteiger partial charge in [-0.05, 0) is 62.7 Å². The fraction of sp³-hybridized carbons (Fsp3) is 0.355. The molecular formula is C31H34N4O4. The second-order valence-corrected chi connectivity index (χ2v) is 10.9. The minimum Gasteiger partial charge on any atom is -0.493 e. The molecule has 3 heterocycles. The number of fused-ring (bicyclic) bond motifs is 4. The number of carbonyl (C=O) groups is 2.